The summed E-state index contributed by atoms with van der Waals surface area (Å²) < 4.78 is 19.2. The van der Waals surface area contributed by atoms with Gasteiger partial charge in [0.25, 0.3) is 0 Å². The van der Waals surface area contributed by atoms with Crippen LogP contribution in [-0.2, 0) is 0 Å². The second-order valence-electron chi connectivity index (χ2n) is 5.03. The van der Waals surface area contributed by atoms with Gasteiger partial charge in [-0.15, -0.1) is 0 Å². The van der Waals surface area contributed by atoms with E-state index in [0.717, 1.165) is 29.7 Å². The number of nitrogens with one attached hydrogen (secondary N) is 1. The molecule has 3 rings (SSSR count). The largest absolute Gasteiger partial charge is 0.462 e. The standard InChI is InChI=1S/C14H17FN2O/c1-9-7-16-8-10(2)17(9)13-6-12(15)5-11-3-4-18-14(11)13/h3-6,9-10,16H,7-8H2,1-2H3. The van der Waals surface area contributed by atoms with Crippen LogP contribution in [0, 0.1) is 5.82 Å². The molecule has 1 fully saturated rings. The van der Waals surface area contributed by atoms with E-state index in [1.165, 1.54) is 6.07 Å². The fraction of sp³-hybridized carbons (Fsp3) is 0.429. The van der Waals surface area contributed by atoms with Crippen LogP contribution in [0.15, 0.2) is 28.9 Å². The highest BCUT2D eigenvalue weighted by molar-refractivity contribution is 5.90. The van der Waals surface area contributed by atoms with Crippen molar-refractivity contribution in [3.05, 3.63) is 30.3 Å². The van der Waals surface area contributed by atoms with Gasteiger partial charge in [-0.3, -0.25) is 0 Å². The number of piperazine rings is 1. The highest BCUT2D eigenvalue weighted by Gasteiger charge is 2.27. The molecule has 96 valence electrons. The van der Waals surface area contributed by atoms with Crippen molar-refractivity contribution in [2.24, 2.45) is 0 Å². The summed E-state index contributed by atoms with van der Waals surface area (Å²) in [5.41, 5.74) is 1.63. The van der Waals surface area contributed by atoms with E-state index in [4.69, 9.17) is 4.42 Å². The number of benzene rings is 1. The van der Waals surface area contributed by atoms with Gasteiger partial charge in [-0.1, -0.05) is 0 Å². The molecule has 4 heteroatoms. The minimum absolute atomic E-state index is 0.211. The van der Waals surface area contributed by atoms with Crippen LogP contribution >= 0.6 is 0 Å². The number of furan rings is 1. The lowest BCUT2D eigenvalue weighted by Crippen LogP contribution is -2.55. The van der Waals surface area contributed by atoms with E-state index >= 15 is 0 Å². The molecule has 2 heterocycles. The molecule has 0 spiro atoms. The van der Waals surface area contributed by atoms with Gasteiger partial charge in [-0.05, 0) is 26.0 Å². The molecule has 2 unspecified atom stereocenters. The van der Waals surface area contributed by atoms with Crippen LogP contribution in [0.3, 0.4) is 0 Å². The highest BCUT2D eigenvalue weighted by atomic mass is 19.1. The Balaban J connectivity index is 2.14. The summed E-state index contributed by atoms with van der Waals surface area (Å²) >= 11 is 0. The fourth-order valence-electron chi connectivity index (χ4n) is 2.83. The predicted molar refractivity (Wildman–Crippen MR) is 70.4 cm³/mol. The van der Waals surface area contributed by atoms with Crippen molar-refractivity contribution in [2.75, 3.05) is 18.0 Å². The van der Waals surface area contributed by atoms with Crippen molar-refractivity contribution in [3.8, 4) is 0 Å². The molecule has 0 saturated carbocycles. The number of rotatable bonds is 1. The SMILES string of the molecule is CC1CNCC(C)N1c1cc(F)cc2ccoc12. The first kappa shape index (κ1) is 11.5. The van der Waals surface area contributed by atoms with Gasteiger partial charge in [0.2, 0.25) is 0 Å². The molecule has 1 aliphatic rings. The lowest BCUT2D eigenvalue weighted by atomic mass is 10.1. The molecular weight excluding hydrogens is 231 g/mol. The molecule has 18 heavy (non-hydrogen) atoms. The summed E-state index contributed by atoms with van der Waals surface area (Å²) in [5, 5.41) is 4.20. The van der Waals surface area contributed by atoms with E-state index in [-0.39, 0.29) is 5.82 Å². The third kappa shape index (κ3) is 1.77. The molecule has 2 aromatic rings. The van der Waals surface area contributed by atoms with Crippen molar-refractivity contribution in [1.29, 1.82) is 0 Å². The van der Waals surface area contributed by atoms with Crippen molar-refractivity contribution in [1.82, 2.24) is 5.32 Å². The molecule has 2 atom stereocenters. The maximum absolute atomic E-state index is 13.7. The van der Waals surface area contributed by atoms with E-state index in [9.17, 15) is 4.39 Å². The van der Waals surface area contributed by atoms with Gasteiger partial charge in [0.1, 0.15) is 5.82 Å². The molecule has 0 amide bonds. The molecule has 1 saturated heterocycles. The number of anilines is 1. The van der Waals surface area contributed by atoms with Crippen molar-refractivity contribution >= 4 is 16.7 Å². The van der Waals surface area contributed by atoms with E-state index in [1.54, 1.807) is 18.4 Å². The Morgan fingerprint density at radius 3 is 2.72 bits per heavy atom. The van der Waals surface area contributed by atoms with Crippen LogP contribution in [-0.4, -0.2) is 25.2 Å². The van der Waals surface area contributed by atoms with E-state index in [2.05, 4.69) is 24.1 Å². The summed E-state index contributed by atoms with van der Waals surface area (Å²) in [6.07, 6.45) is 1.62. The quantitative estimate of drug-likeness (QED) is 0.841. The van der Waals surface area contributed by atoms with Crippen LogP contribution in [0.4, 0.5) is 10.1 Å². The lowest BCUT2D eigenvalue weighted by molar-refractivity contribution is 0.430. The Hall–Kier alpha value is -1.55. The lowest BCUT2D eigenvalue weighted by Gasteiger charge is -2.41. The van der Waals surface area contributed by atoms with Crippen molar-refractivity contribution in [2.45, 2.75) is 25.9 Å². The second kappa shape index (κ2) is 4.28. The topological polar surface area (TPSA) is 28.4 Å². The van der Waals surface area contributed by atoms with E-state index in [0.29, 0.717) is 12.1 Å². The maximum Gasteiger partial charge on any atom is 0.157 e. The highest BCUT2D eigenvalue weighted by Crippen LogP contribution is 2.32. The Kier molecular flexibility index (Phi) is 2.74. The smallest absolute Gasteiger partial charge is 0.157 e. The van der Waals surface area contributed by atoms with Crippen LogP contribution < -0.4 is 10.2 Å². The molecule has 0 aliphatic carbocycles. The summed E-state index contributed by atoms with van der Waals surface area (Å²) in [4.78, 5) is 2.24. The average Bonchev–Trinajstić information content (AvgIpc) is 2.76. The van der Waals surface area contributed by atoms with Crippen LogP contribution in [0.1, 0.15) is 13.8 Å². The normalized spacial score (nSPS) is 24.7. The summed E-state index contributed by atoms with van der Waals surface area (Å²) in [6, 6.07) is 5.54. The first-order chi connectivity index (χ1) is 8.66. The Morgan fingerprint density at radius 2 is 2.00 bits per heavy atom. The minimum Gasteiger partial charge on any atom is -0.462 e. The van der Waals surface area contributed by atoms with Gasteiger partial charge in [-0.25, -0.2) is 4.39 Å². The molecule has 0 radical (unpaired) electrons. The number of fused-ring (bicyclic) bond motifs is 1. The first-order valence-corrected chi connectivity index (χ1v) is 6.32. The third-order valence-corrected chi connectivity index (χ3v) is 3.60. The average molecular weight is 248 g/mol. The zero-order valence-electron chi connectivity index (χ0n) is 10.6. The molecule has 1 aromatic carbocycles. The summed E-state index contributed by atoms with van der Waals surface area (Å²) in [6.45, 7) is 6.09. The van der Waals surface area contributed by atoms with Gasteiger partial charge in [0.15, 0.2) is 5.58 Å². The summed E-state index contributed by atoms with van der Waals surface area (Å²) in [5.74, 6) is -0.211. The Bertz CT molecular complexity index is 556. The Labute approximate surface area is 106 Å². The molecule has 1 N–H and O–H groups in total. The minimum atomic E-state index is -0.211. The van der Waals surface area contributed by atoms with Gasteiger partial charge in [0, 0.05) is 36.6 Å². The first-order valence-electron chi connectivity index (χ1n) is 6.32. The summed E-state index contributed by atoms with van der Waals surface area (Å²) in [7, 11) is 0. The zero-order chi connectivity index (χ0) is 12.7. The van der Waals surface area contributed by atoms with Gasteiger partial charge < -0.3 is 14.6 Å². The number of hydrogen-bond donors (Lipinski definition) is 1. The zero-order valence-corrected chi connectivity index (χ0v) is 10.6. The molecule has 1 aliphatic heterocycles. The maximum atomic E-state index is 13.7. The fourth-order valence-corrected chi connectivity index (χ4v) is 2.83. The van der Waals surface area contributed by atoms with E-state index in [1.807, 2.05) is 0 Å². The van der Waals surface area contributed by atoms with E-state index < -0.39 is 0 Å². The van der Waals surface area contributed by atoms with Crippen LogP contribution in [0.25, 0.3) is 11.0 Å². The second-order valence-corrected chi connectivity index (χ2v) is 5.03. The van der Waals surface area contributed by atoms with Crippen LogP contribution in [0.2, 0.25) is 0 Å². The number of hydrogen-bond acceptors (Lipinski definition) is 3. The molecular formula is C14H17FN2O. The molecule has 0 bridgehead atoms. The number of nitrogens with zero attached hydrogens (tertiary/aromatic N) is 1. The third-order valence-electron chi connectivity index (χ3n) is 3.60. The number of halogens is 1. The van der Waals surface area contributed by atoms with Gasteiger partial charge in [-0.2, -0.15) is 0 Å². The monoisotopic (exact) mass is 248 g/mol. The van der Waals surface area contributed by atoms with Crippen molar-refractivity contribution < 1.29 is 8.81 Å². The van der Waals surface area contributed by atoms with Gasteiger partial charge in [0.05, 0.1) is 12.0 Å². The predicted octanol–water partition coefficient (Wildman–Crippen LogP) is 2.76. The van der Waals surface area contributed by atoms with Crippen molar-refractivity contribution in [3.63, 3.8) is 0 Å². The molecule has 1 aromatic heterocycles. The van der Waals surface area contributed by atoms with Gasteiger partial charge >= 0.3 is 0 Å². The Morgan fingerprint density at radius 1 is 1.28 bits per heavy atom. The molecule has 3 nitrogen and oxygen atoms in total. The van der Waals surface area contributed by atoms with Crippen LogP contribution in [0.5, 0.6) is 0 Å².